The summed E-state index contributed by atoms with van der Waals surface area (Å²) in [5.74, 6) is 1.72. The fourth-order valence-corrected chi connectivity index (χ4v) is 2.90. The van der Waals surface area contributed by atoms with Crippen LogP contribution in [0.3, 0.4) is 0 Å². The smallest absolute Gasteiger partial charge is 0.191 e. The van der Waals surface area contributed by atoms with E-state index < -0.39 is 0 Å². The van der Waals surface area contributed by atoms with E-state index >= 15 is 0 Å². The molecule has 0 amide bonds. The Morgan fingerprint density at radius 2 is 1.96 bits per heavy atom. The van der Waals surface area contributed by atoms with Crippen molar-refractivity contribution in [3.8, 4) is 5.75 Å². The number of benzene rings is 1. The first-order valence-corrected chi connectivity index (χ1v) is 9.26. The minimum Gasteiger partial charge on any atom is -0.497 e. The lowest BCUT2D eigenvalue weighted by Gasteiger charge is -2.29. The zero-order valence-corrected chi connectivity index (χ0v) is 15.5. The Morgan fingerprint density at radius 1 is 1.24 bits per heavy atom. The van der Waals surface area contributed by atoms with E-state index in [9.17, 15) is 5.11 Å². The molecule has 25 heavy (non-hydrogen) atoms. The van der Waals surface area contributed by atoms with Crippen LogP contribution in [0.15, 0.2) is 29.3 Å². The number of aliphatic hydroxyl groups is 1. The van der Waals surface area contributed by atoms with E-state index in [4.69, 9.17) is 4.74 Å². The van der Waals surface area contributed by atoms with Crippen molar-refractivity contribution >= 4 is 5.96 Å². The van der Waals surface area contributed by atoms with Crippen molar-refractivity contribution in [1.82, 2.24) is 15.5 Å². The van der Waals surface area contributed by atoms with Gasteiger partial charge in [-0.25, -0.2) is 4.99 Å². The Kier molecular flexibility index (Phi) is 8.55. The van der Waals surface area contributed by atoms with Crippen LogP contribution in [0.2, 0.25) is 0 Å². The van der Waals surface area contributed by atoms with Crippen LogP contribution >= 0.6 is 0 Å². The Balaban J connectivity index is 1.71. The van der Waals surface area contributed by atoms with E-state index in [1.807, 2.05) is 24.3 Å². The van der Waals surface area contributed by atoms with E-state index in [-0.39, 0.29) is 6.10 Å². The molecule has 0 bridgehead atoms. The lowest BCUT2D eigenvalue weighted by Crippen LogP contribution is -2.40. The van der Waals surface area contributed by atoms with Gasteiger partial charge in [0.25, 0.3) is 0 Å². The molecular formula is C19H32N4O2. The van der Waals surface area contributed by atoms with Crippen LogP contribution in [0.25, 0.3) is 0 Å². The van der Waals surface area contributed by atoms with Crippen molar-refractivity contribution in [2.24, 2.45) is 4.99 Å². The largest absolute Gasteiger partial charge is 0.497 e. The zero-order chi connectivity index (χ0) is 17.9. The van der Waals surface area contributed by atoms with Crippen molar-refractivity contribution < 1.29 is 9.84 Å². The van der Waals surface area contributed by atoms with Gasteiger partial charge in [0.15, 0.2) is 5.96 Å². The van der Waals surface area contributed by atoms with Gasteiger partial charge in [-0.3, -0.25) is 0 Å². The second kappa shape index (κ2) is 10.9. The Bertz CT molecular complexity index is 511. The van der Waals surface area contributed by atoms with Gasteiger partial charge in [0, 0.05) is 26.2 Å². The summed E-state index contributed by atoms with van der Waals surface area (Å²) in [7, 11) is 1.67. The minimum atomic E-state index is -0.0974. The maximum Gasteiger partial charge on any atom is 0.191 e. The molecule has 1 fully saturated rings. The zero-order valence-electron chi connectivity index (χ0n) is 15.5. The number of ether oxygens (including phenoxy) is 1. The van der Waals surface area contributed by atoms with Crippen LogP contribution in [0.1, 0.15) is 31.7 Å². The highest BCUT2D eigenvalue weighted by Gasteiger charge is 2.15. The van der Waals surface area contributed by atoms with E-state index in [1.54, 1.807) is 7.11 Å². The van der Waals surface area contributed by atoms with Gasteiger partial charge in [-0.05, 0) is 50.4 Å². The van der Waals surface area contributed by atoms with Gasteiger partial charge in [-0.1, -0.05) is 12.1 Å². The third kappa shape index (κ3) is 7.32. The van der Waals surface area contributed by atoms with Crippen molar-refractivity contribution in [1.29, 1.82) is 0 Å². The molecule has 6 heteroatoms. The van der Waals surface area contributed by atoms with Crippen molar-refractivity contribution in [3.63, 3.8) is 0 Å². The molecule has 0 aliphatic carbocycles. The third-order valence-electron chi connectivity index (χ3n) is 4.42. The summed E-state index contributed by atoms with van der Waals surface area (Å²) in [6, 6.07) is 7.99. The Labute approximate surface area is 151 Å². The van der Waals surface area contributed by atoms with Crippen LogP contribution < -0.4 is 15.4 Å². The van der Waals surface area contributed by atoms with Gasteiger partial charge in [-0.2, -0.15) is 0 Å². The number of guanidine groups is 1. The van der Waals surface area contributed by atoms with E-state index in [0.29, 0.717) is 6.54 Å². The normalized spacial score (nSPS) is 16.7. The van der Waals surface area contributed by atoms with E-state index in [0.717, 1.165) is 69.3 Å². The number of rotatable bonds is 8. The number of nitrogens with one attached hydrogen (secondary N) is 2. The second-order valence-corrected chi connectivity index (χ2v) is 6.40. The van der Waals surface area contributed by atoms with Crippen LogP contribution in [0.4, 0.5) is 0 Å². The molecule has 1 aromatic carbocycles. The molecule has 0 aromatic heterocycles. The number of methoxy groups -OCH3 is 1. The lowest BCUT2D eigenvalue weighted by atomic mass is 10.1. The van der Waals surface area contributed by atoms with Crippen molar-refractivity contribution in [2.45, 2.75) is 38.8 Å². The first-order valence-electron chi connectivity index (χ1n) is 9.26. The molecule has 0 atom stereocenters. The number of aliphatic hydroxyl groups excluding tert-OH is 1. The summed E-state index contributed by atoms with van der Waals surface area (Å²) in [4.78, 5) is 7.07. The number of hydrogen-bond donors (Lipinski definition) is 3. The first kappa shape index (κ1) is 19.5. The van der Waals surface area contributed by atoms with Crippen LogP contribution in [-0.4, -0.2) is 61.9 Å². The second-order valence-electron chi connectivity index (χ2n) is 6.40. The van der Waals surface area contributed by atoms with Gasteiger partial charge < -0.3 is 25.4 Å². The maximum atomic E-state index is 9.54. The van der Waals surface area contributed by atoms with Crippen molar-refractivity contribution in [3.05, 3.63) is 29.8 Å². The van der Waals surface area contributed by atoms with Gasteiger partial charge in [-0.15, -0.1) is 0 Å². The predicted octanol–water partition coefficient (Wildman–Crippen LogP) is 1.60. The average Bonchev–Trinajstić information content (AvgIpc) is 2.65. The van der Waals surface area contributed by atoms with Gasteiger partial charge in [0.2, 0.25) is 0 Å². The SMILES string of the molecule is CCNC(=NCc1ccc(OC)cc1)NCCCN1CCC(O)CC1. The molecule has 1 saturated heterocycles. The number of nitrogens with zero attached hydrogens (tertiary/aromatic N) is 2. The molecule has 0 unspecified atom stereocenters. The molecule has 0 spiro atoms. The lowest BCUT2D eigenvalue weighted by molar-refractivity contribution is 0.0823. The molecule has 1 heterocycles. The minimum absolute atomic E-state index is 0.0974. The molecular weight excluding hydrogens is 316 g/mol. The molecule has 1 aliphatic heterocycles. The number of likely N-dealkylation sites (tertiary alicyclic amines) is 1. The molecule has 0 radical (unpaired) electrons. The molecule has 1 aromatic rings. The fraction of sp³-hybridized carbons (Fsp3) is 0.632. The summed E-state index contributed by atoms with van der Waals surface area (Å²) < 4.78 is 5.18. The monoisotopic (exact) mass is 348 g/mol. The molecule has 0 saturated carbocycles. The maximum absolute atomic E-state index is 9.54. The quantitative estimate of drug-likeness (QED) is 0.378. The fourth-order valence-electron chi connectivity index (χ4n) is 2.90. The molecule has 6 nitrogen and oxygen atoms in total. The van der Waals surface area contributed by atoms with Gasteiger partial charge >= 0.3 is 0 Å². The topological polar surface area (TPSA) is 69.1 Å². The summed E-state index contributed by atoms with van der Waals surface area (Å²) >= 11 is 0. The summed E-state index contributed by atoms with van der Waals surface area (Å²) in [5.41, 5.74) is 1.16. The molecule has 140 valence electrons. The average molecular weight is 348 g/mol. The van der Waals surface area contributed by atoms with E-state index in [2.05, 4.69) is 27.4 Å². The highest BCUT2D eigenvalue weighted by Crippen LogP contribution is 2.12. The summed E-state index contributed by atoms with van der Waals surface area (Å²) in [5, 5.41) is 16.2. The molecule has 1 aliphatic rings. The molecule has 3 N–H and O–H groups in total. The number of piperidine rings is 1. The Hall–Kier alpha value is -1.79. The van der Waals surface area contributed by atoms with Crippen LogP contribution in [0, 0.1) is 0 Å². The standard InChI is InChI=1S/C19H32N4O2/c1-3-20-19(22-15-16-5-7-18(25-2)8-6-16)21-11-4-12-23-13-9-17(24)10-14-23/h5-8,17,24H,3-4,9-15H2,1-2H3,(H2,20,21,22). The highest BCUT2D eigenvalue weighted by atomic mass is 16.5. The van der Waals surface area contributed by atoms with Crippen LogP contribution in [-0.2, 0) is 6.54 Å². The van der Waals surface area contributed by atoms with Gasteiger partial charge in [0.1, 0.15) is 5.75 Å². The van der Waals surface area contributed by atoms with Gasteiger partial charge in [0.05, 0.1) is 19.8 Å². The number of hydrogen-bond acceptors (Lipinski definition) is 4. The number of aliphatic imine (C=N–C) groups is 1. The highest BCUT2D eigenvalue weighted by molar-refractivity contribution is 5.79. The predicted molar refractivity (Wildman–Crippen MR) is 102 cm³/mol. The van der Waals surface area contributed by atoms with E-state index in [1.165, 1.54) is 0 Å². The summed E-state index contributed by atoms with van der Waals surface area (Å²) in [6.07, 6.45) is 2.78. The van der Waals surface area contributed by atoms with Crippen LogP contribution in [0.5, 0.6) is 5.75 Å². The molecule has 2 rings (SSSR count). The van der Waals surface area contributed by atoms with Crippen molar-refractivity contribution in [2.75, 3.05) is 39.8 Å². The summed E-state index contributed by atoms with van der Waals surface area (Å²) in [6.45, 7) is 7.54. The Morgan fingerprint density at radius 3 is 2.60 bits per heavy atom. The first-order chi connectivity index (χ1) is 12.2. The third-order valence-corrected chi connectivity index (χ3v) is 4.42.